The predicted octanol–water partition coefficient (Wildman–Crippen LogP) is 3.12. The van der Waals surface area contributed by atoms with E-state index in [4.69, 9.17) is 16.7 Å². The highest BCUT2D eigenvalue weighted by atomic mass is 35.5. The van der Waals surface area contributed by atoms with Gasteiger partial charge in [0.05, 0.1) is 5.02 Å². The lowest BCUT2D eigenvalue weighted by atomic mass is 9.94. The Labute approximate surface area is 107 Å². The summed E-state index contributed by atoms with van der Waals surface area (Å²) in [6, 6.07) is 4.98. The molecule has 0 aromatic heterocycles. The van der Waals surface area contributed by atoms with Crippen molar-refractivity contribution in [3.05, 3.63) is 34.6 Å². The highest BCUT2D eigenvalue weighted by Gasteiger charge is 2.21. The molecule has 0 aliphatic carbocycles. The number of aliphatic hydroxyl groups excluding tert-OH is 1. The molecule has 17 heavy (non-hydrogen) atoms. The molecule has 0 bridgehead atoms. The highest BCUT2D eigenvalue weighted by molar-refractivity contribution is 6.30. The number of rotatable bonds is 6. The van der Waals surface area contributed by atoms with Crippen LogP contribution in [0.15, 0.2) is 18.2 Å². The quantitative estimate of drug-likeness (QED) is 0.823. The first kappa shape index (κ1) is 14.4. The summed E-state index contributed by atoms with van der Waals surface area (Å²) >= 11 is 5.72. The van der Waals surface area contributed by atoms with Crippen LogP contribution in [0, 0.1) is 5.82 Å². The van der Waals surface area contributed by atoms with Crippen molar-refractivity contribution in [1.29, 1.82) is 0 Å². The number of hydrogen-bond donors (Lipinski definition) is 2. The van der Waals surface area contributed by atoms with Crippen LogP contribution in [0.25, 0.3) is 0 Å². The minimum absolute atomic E-state index is 0.120. The summed E-state index contributed by atoms with van der Waals surface area (Å²) in [5.74, 6) is -0.371. The Morgan fingerprint density at radius 2 is 2.18 bits per heavy atom. The van der Waals surface area contributed by atoms with Crippen LogP contribution in [0.4, 0.5) is 4.39 Å². The zero-order chi connectivity index (χ0) is 12.9. The van der Waals surface area contributed by atoms with Gasteiger partial charge in [-0.15, -0.1) is 0 Å². The van der Waals surface area contributed by atoms with Gasteiger partial charge in [-0.05, 0) is 25.8 Å². The molecular weight excluding hydrogens is 241 g/mol. The maximum atomic E-state index is 13.6. The second kappa shape index (κ2) is 6.34. The van der Waals surface area contributed by atoms with Gasteiger partial charge in [0.15, 0.2) is 0 Å². The summed E-state index contributed by atoms with van der Waals surface area (Å²) < 4.78 is 13.6. The van der Waals surface area contributed by atoms with E-state index in [1.54, 1.807) is 12.1 Å². The topological polar surface area (TPSA) is 32.3 Å². The Balaban J connectivity index is 2.69. The first-order valence-electron chi connectivity index (χ1n) is 5.81. The maximum Gasteiger partial charge on any atom is 0.146 e. The van der Waals surface area contributed by atoms with Gasteiger partial charge < -0.3 is 10.4 Å². The summed E-state index contributed by atoms with van der Waals surface area (Å²) in [4.78, 5) is 0. The molecule has 0 aliphatic rings. The van der Waals surface area contributed by atoms with Gasteiger partial charge in [-0.25, -0.2) is 4.39 Å². The summed E-state index contributed by atoms with van der Waals surface area (Å²) in [5, 5.41) is 12.4. The van der Waals surface area contributed by atoms with Crippen molar-refractivity contribution < 1.29 is 9.50 Å². The Morgan fingerprint density at radius 1 is 1.47 bits per heavy atom. The van der Waals surface area contributed by atoms with Gasteiger partial charge in [-0.2, -0.15) is 0 Å². The standard InChI is InChI=1S/C13H19ClFNO/c1-3-13(2,7-8-17)16-9-10-5-4-6-11(14)12(10)15/h4-6,16-17H,3,7-9H2,1-2H3. The Hall–Kier alpha value is -0.640. The van der Waals surface area contributed by atoms with Crippen molar-refractivity contribution in [2.45, 2.75) is 38.8 Å². The van der Waals surface area contributed by atoms with Crippen molar-refractivity contribution in [2.24, 2.45) is 0 Å². The van der Waals surface area contributed by atoms with Crippen LogP contribution in [0.5, 0.6) is 0 Å². The Kier molecular flexibility index (Phi) is 5.37. The van der Waals surface area contributed by atoms with Crippen molar-refractivity contribution in [3.63, 3.8) is 0 Å². The summed E-state index contributed by atoms with van der Waals surface area (Å²) in [6.45, 7) is 4.59. The van der Waals surface area contributed by atoms with Crippen LogP contribution < -0.4 is 5.32 Å². The van der Waals surface area contributed by atoms with Gasteiger partial charge in [0.25, 0.3) is 0 Å². The van der Waals surface area contributed by atoms with E-state index in [2.05, 4.69) is 5.32 Å². The Bertz CT molecular complexity index is 372. The first-order valence-corrected chi connectivity index (χ1v) is 6.19. The molecule has 0 amide bonds. The van der Waals surface area contributed by atoms with E-state index >= 15 is 0 Å². The fourth-order valence-corrected chi connectivity index (χ4v) is 1.82. The van der Waals surface area contributed by atoms with Gasteiger partial charge in [-0.1, -0.05) is 30.7 Å². The van der Waals surface area contributed by atoms with Crippen LogP contribution in [0.2, 0.25) is 5.02 Å². The largest absolute Gasteiger partial charge is 0.396 e. The van der Waals surface area contributed by atoms with E-state index in [0.29, 0.717) is 18.5 Å². The minimum atomic E-state index is -0.371. The molecule has 4 heteroatoms. The molecule has 0 saturated heterocycles. The third-order valence-corrected chi connectivity index (χ3v) is 3.47. The van der Waals surface area contributed by atoms with Crippen LogP contribution >= 0.6 is 11.6 Å². The summed E-state index contributed by atoms with van der Waals surface area (Å²) in [7, 11) is 0. The van der Waals surface area contributed by atoms with Gasteiger partial charge in [0.1, 0.15) is 5.82 Å². The number of benzene rings is 1. The highest BCUT2D eigenvalue weighted by Crippen LogP contribution is 2.20. The first-order chi connectivity index (χ1) is 8.02. The molecule has 0 fully saturated rings. The van der Waals surface area contributed by atoms with Gasteiger partial charge in [0, 0.05) is 24.3 Å². The fourth-order valence-electron chi connectivity index (χ4n) is 1.63. The lowest BCUT2D eigenvalue weighted by Crippen LogP contribution is -2.42. The van der Waals surface area contributed by atoms with Crippen molar-refractivity contribution in [1.82, 2.24) is 5.32 Å². The van der Waals surface area contributed by atoms with Crippen molar-refractivity contribution >= 4 is 11.6 Å². The van der Waals surface area contributed by atoms with Crippen molar-refractivity contribution in [3.8, 4) is 0 Å². The molecule has 0 saturated carbocycles. The van der Waals surface area contributed by atoms with E-state index < -0.39 is 0 Å². The lowest BCUT2D eigenvalue weighted by Gasteiger charge is -2.29. The van der Waals surface area contributed by atoms with E-state index in [9.17, 15) is 4.39 Å². The second-order valence-corrected chi connectivity index (χ2v) is 4.86. The minimum Gasteiger partial charge on any atom is -0.396 e. The number of hydrogen-bond acceptors (Lipinski definition) is 2. The van der Waals surface area contributed by atoms with Crippen LogP contribution in [-0.4, -0.2) is 17.3 Å². The molecule has 0 spiro atoms. The third kappa shape index (κ3) is 3.95. The lowest BCUT2D eigenvalue weighted by molar-refractivity contribution is 0.214. The monoisotopic (exact) mass is 259 g/mol. The average molecular weight is 260 g/mol. The number of halogens is 2. The van der Waals surface area contributed by atoms with E-state index in [0.717, 1.165) is 6.42 Å². The summed E-state index contributed by atoms with van der Waals surface area (Å²) in [5.41, 5.74) is 0.374. The molecule has 0 heterocycles. The molecule has 2 N–H and O–H groups in total. The number of aliphatic hydroxyl groups is 1. The molecule has 1 aromatic carbocycles. The molecule has 96 valence electrons. The van der Waals surface area contributed by atoms with Crippen LogP contribution in [0.1, 0.15) is 32.3 Å². The average Bonchev–Trinajstić information content (AvgIpc) is 2.31. The van der Waals surface area contributed by atoms with Gasteiger partial charge >= 0.3 is 0 Å². The zero-order valence-corrected chi connectivity index (χ0v) is 11.0. The fraction of sp³-hybridized carbons (Fsp3) is 0.538. The van der Waals surface area contributed by atoms with Crippen molar-refractivity contribution in [2.75, 3.05) is 6.61 Å². The normalized spacial score (nSPS) is 14.6. The van der Waals surface area contributed by atoms with Gasteiger partial charge in [-0.3, -0.25) is 0 Å². The third-order valence-electron chi connectivity index (χ3n) is 3.18. The molecule has 0 aliphatic heterocycles. The molecule has 0 radical (unpaired) electrons. The molecule has 2 nitrogen and oxygen atoms in total. The second-order valence-electron chi connectivity index (χ2n) is 4.45. The molecule has 1 atom stereocenters. The van der Waals surface area contributed by atoms with Crippen LogP contribution in [0.3, 0.4) is 0 Å². The predicted molar refractivity (Wildman–Crippen MR) is 68.6 cm³/mol. The number of nitrogens with one attached hydrogen (secondary N) is 1. The summed E-state index contributed by atoms with van der Waals surface area (Å²) in [6.07, 6.45) is 1.52. The van der Waals surface area contributed by atoms with Crippen LogP contribution in [-0.2, 0) is 6.54 Å². The maximum absolute atomic E-state index is 13.6. The van der Waals surface area contributed by atoms with E-state index in [1.807, 2.05) is 13.8 Å². The molecule has 1 unspecified atom stereocenters. The Morgan fingerprint density at radius 3 is 2.76 bits per heavy atom. The molecular formula is C13H19ClFNO. The zero-order valence-electron chi connectivity index (χ0n) is 10.3. The van der Waals surface area contributed by atoms with Gasteiger partial charge in [0.2, 0.25) is 0 Å². The van der Waals surface area contributed by atoms with E-state index in [1.165, 1.54) is 6.07 Å². The molecule has 1 rings (SSSR count). The molecule has 1 aromatic rings. The SMILES string of the molecule is CCC(C)(CCO)NCc1cccc(Cl)c1F. The smallest absolute Gasteiger partial charge is 0.146 e. The van der Waals surface area contributed by atoms with E-state index in [-0.39, 0.29) is 23.0 Å².